The first-order valence-corrected chi connectivity index (χ1v) is 9.96. The minimum Gasteiger partial charge on any atom is -0.207 e. The summed E-state index contributed by atoms with van der Waals surface area (Å²) < 4.78 is 28.6. The van der Waals surface area contributed by atoms with Crippen molar-refractivity contribution in [3.63, 3.8) is 0 Å². The number of aromatic nitrogens is 3. The van der Waals surface area contributed by atoms with E-state index in [1.54, 1.807) is 30.6 Å². The summed E-state index contributed by atoms with van der Waals surface area (Å²) in [6, 6.07) is 16.4. The van der Waals surface area contributed by atoms with E-state index in [0.717, 1.165) is 11.1 Å². The number of hydrogen-bond donors (Lipinski definition) is 1. The molecular weight excluding hydrogens is 348 g/mol. The lowest BCUT2D eigenvalue weighted by atomic mass is 10.1. The number of sulfonamides is 1. The normalized spacial score (nSPS) is 13.0. The van der Waals surface area contributed by atoms with Gasteiger partial charge in [0.25, 0.3) is 0 Å². The summed E-state index contributed by atoms with van der Waals surface area (Å²) in [6.45, 7) is 4.32. The van der Waals surface area contributed by atoms with Crippen LogP contribution in [0.4, 0.5) is 0 Å². The van der Waals surface area contributed by atoms with Crippen LogP contribution in [0.1, 0.15) is 13.8 Å². The van der Waals surface area contributed by atoms with E-state index in [2.05, 4.69) is 14.9 Å². The Labute approximate surface area is 153 Å². The molecular formula is C19H22N4O2S. The molecule has 1 atom stereocenters. The van der Waals surface area contributed by atoms with E-state index in [0.29, 0.717) is 6.54 Å². The largest absolute Gasteiger partial charge is 0.240 e. The van der Waals surface area contributed by atoms with E-state index in [4.69, 9.17) is 0 Å². The minimum absolute atomic E-state index is 0.0908. The van der Waals surface area contributed by atoms with E-state index >= 15 is 0 Å². The summed E-state index contributed by atoms with van der Waals surface area (Å²) in [6.07, 6.45) is 3.16. The van der Waals surface area contributed by atoms with Gasteiger partial charge in [-0.3, -0.25) is 0 Å². The van der Waals surface area contributed by atoms with Gasteiger partial charge in [-0.1, -0.05) is 56.3 Å². The Morgan fingerprint density at radius 3 is 2.27 bits per heavy atom. The van der Waals surface area contributed by atoms with Gasteiger partial charge in [-0.2, -0.15) is 15.0 Å². The molecule has 7 heteroatoms. The molecule has 0 saturated carbocycles. The Bertz CT molecular complexity index is 939. The molecule has 3 aromatic rings. The molecule has 0 amide bonds. The van der Waals surface area contributed by atoms with E-state index < -0.39 is 10.0 Å². The Morgan fingerprint density at radius 2 is 1.62 bits per heavy atom. The van der Waals surface area contributed by atoms with Crippen LogP contribution in [0.2, 0.25) is 0 Å². The Morgan fingerprint density at radius 1 is 0.962 bits per heavy atom. The summed E-state index contributed by atoms with van der Waals surface area (Å²) in [5.41, 5.74) is 1.84. The molecule has 136 valence electrons. The molecule has 0 aliphatic heterocycles. The third-order valence-corrected chi connectivity index (χ3v) is 5.68. The number of nitrogens with zero attached hydrogens (tertiary/aromatic N) is 3. The van der Waals surface area contributed by atoms with Crippen molar-refractivity contribution in [3.8, 4) is 11.1 Å². The molecule has 6 nitrogen and oxygen atoms in total. The van der Waals surface area contributed by atoms with Gasteiger partial charge in [-0.05, 0) is 29.2 Å². The average Bonchev–Trinajstić information content (AvgIpc) is 3.15. The second kappa shape index (κ2) is 7.80. The van der Waals surface area contributed by atoms with Gasteiger partial charge < -0.3 is 0 Å². The lowest BCUT2D eigenvalue weighted by Gasteiger charge is -2.22. The molecule has 0 aliphatic carbocycles. The average molecular weight is 370 g/mol. The smallest absolute Gasteiger partial charge is 0.207 e. The zero-order valence-corrected chi connectivity index (χ0v) is 15.6. The first-order chi connectivity index (χ1) is 12.5. The fourth-order valence-corrected chi connectivity index (χ4v) is 4.06. The fraction of sp³-hybridized carbons (Fsp3) is 0.263. The molecule has 26 heavy (non-hydrogen) atoms. The van der Waals surface area contributed by atoms with Gasteiger partial charge >= 0.3 is 0 Å². The number of rotatable bonds is 7. The van der Waals surface area contributed by atoms with Crippen molar-refractivity contribution in [2.24, 2.45) is 5.92 Å². The van der Waals surface area contributed by atoms with Crippen LogP contribution in [0.3, 0.4) is 0 Å². The second-order valence-electron chi connectivity index (χ2n) is 6.45. The van der Waals surface area contributed by atoms with E-state index in [1.165, 1.54) is 4.80 Å². The quantitative estimate of drug-likeness (QED) is 0.694. The van der Waals surface area contributed by atoms with E-state index in [-0.39, 0.29) is 16.9 Å². The van der Waals surface area contributed by atoms with Crippen LogP contribution in [0, 0.1) is 5.92 Å². The number of hydrogen-bond acceptors (Lipinski definition) is 4. The van der Waals surface area contributed by atoms with Gasteiger partial charge in [0.2, 0.25) is 10.0 Å². The molecule has 0 spiro atoms. The number of nitrogens with one attached hydrogen (secondary N) is 1. The van der Waals surface area contributed by atoms with Crippen LogP contribution < -0.4 is 4.72 Å². The lowest BCUT2D eigenvalue weighted by Crippen LogP contribution is -2.41. The van der Waals surface area contributed by atoms with Crippen LogP contribution >= 0.6 is 0 Å². The van der Waals surface area contributed by atoms with Crippen LogP contribution in [-0.4, -0.2) is 29.5 Å². The van der Waals surface area contributed by atoms with E-state index in [1.807, 2.05) is 50.2 Å². The predicted octanol–water partition coefficient (Wildman–Crippen LogP) is 2.95. The highest BCUT2D eigenvalue weighted by molar-refractivity contribution is 7.89. The summed E-state index contributed by atoms with van der Waals surface area (Å²) in [5, 5.41) is 8.13. The summed E-state index contributed by atoms with van der Waals surface area (Å²) in [7, 11) is -3.66. The molecule has 1 N–H and O–H groups in total. The molecule has 0 radical (unpaired) electrons. The SMILES string of the molecule is CC(C)[C@@H](Cn1nccn1)NS(=O)(=O)c1cccc(-c2ccccc2)c1. The second-order valence-corrected chi connectivity index (χ2v) is 8.16. The van der Waals surface area contributed by atoms with Crippen LogP contribution in [0.15, 0.2) is 71.9 Å². The van der Waals surface area contributed by atoms with Crippen molar-refractivity contribution in [3.05, 3.63) is 67.0 Å². The first-order valence-electron chi connectivity index (χ1n) is 8.47. The highest BCUT2D eigenvalue weighted by Gasteiger charge is 2.23. The van der Waals surface area contributed by atoms with Crippen molar-refractivity contribution in [1.29, 1.82) is 0 Å². The molecule has 0 saturated heterocycles. The van der Waals surface area contributed by atoms with E-state index in [9.17, 15) is 8.42 Å². The van der Waals surface area contributed by atoms with Gasteiger partial charge in [-0.15, -0.1) is 0 Å². The third kappa shape index (κ3) is 4.36. The maximum absolute atomic E-state index is 12.9. The van der Waals surface area contributed by atoms with Crippen molar-refractivity contribution >= 4 is 10.0 Å². The molecule has 0 aliphatic rings. The molecule has 3 rings (SSSR count). The van der Waals surface area contributed by atoms with Gasteiger partial charge in [0.1, 0.15) is 0 Å². The standard InChI is InChI=1S/C19H22N4O2S/c1-15(2)19(14-23-20-11-12-21-23)22-26(24,25)18-10-6-9-17(13-18)16-7-4-3-5-8-16/h3-13,15,19,22H,14H2,1-2H3/t19-/m1/s1. The summed E-state index contributed by atoms with van der Waals surface area (Å²) >= 11 is 0. The molecule has 2 aromatic carbocycles. The highest BCUT2D eigenvalue weighted by atomic mass is 32.2. The first kappa shape index (κ1) is 18.3. The van der Waals surface area contributed by atoms with Gasteiger partial charge in [0.15, 0.2) is 0 Å². The zero-order chi connectivity index (χ0) is 18.6. The fourth-order valence-electron chi connectivity index (χ4n) is 2.64. The number of benzene rings is 2. The summed E-state index contributed by atoms with van der Waals surface area (Å²) in [5.74, 6) is 0.0908. The van der Waals surface area contributed by atoms with Crippen LogP contribution in [0.5, 0.6) is 0 Å². The maximum Gasteiger partial charge on any atom is 0.240 e. The highest BCUT2D eigenvalue weighted by Crippen LogP contribution is 2.22. The summed E-state index contributed by atoms with van der Waals surface area (Å²) in [4.78, 5) is 1.74. The molecule has 1 heterocycles. The minimum atomic E-state index is -3.66. The van der Waals surface area contributed by atoms with Crippen LogP contribution in [-0.2, 0) is 16.6 Å². The third-order valence-electron chi connectivity index (χ3n) is 4.19. The van der Waals surface area contributed by atoms with Gasteiger partial charge in [0.05, 0.1) is 23.8 Å². The molecule has 0 bridgehead atoms. The molecule has 0 unspecified atom stereocenters. The predicted molar refractivity (Wildman–Crippen MR) is 101 cm³/mol. The lowest BCUT2D eigenvalue weighted by molar-refractivity contribution is 0.361. The Kier molecular flexibility index (Phi) is 5.49. The van der Waals surface area contributed by atoms with Gasteiger partial charge in [-0.25, -0.2) is 13.1 Å². The Balaban J connectivity index is 1.85. The maximum atomic E-state index is 12.9. The molecule has 1 aromatic heterocycles. The van der Waals surface area contributed by atoms with Crippen molar-refractivity contribution in [2.45, 2.75) is 31.3 Å². The Hall–Kier alpha value is -2.51. The monoisotopic (exact) mass is 370 g/mol. The van der Waals surface area contributed by atoms with Crippen LogP contribution in [0.25, 0.3) is 11.1 Å². The molecule has 0 fully saturated rings. The van der Waals surface area contributed by atoms with Gasteiger partial charge in [0, 0.05) is 6.04 Å². The van der Waals surface area contributed by atoms with Crippen molar-refractivity contribution in [1.82, 2.24) is 19.7 Å². The topological polar surface area (TPSA) is 76.9 Å². The van der Waals surface area contributed by atoms with Crippen molar-refractivity contribution in [2.75, 3.05) is 0 Å². The zero-order valence-electron chi connectivity index (χ0n) is 14.8. The van der Waals surface area contributed by atoms with Crippen molar-refractivity contribution < 1.29 is 8.42 Å².